The summed E-state index contributed by atoms with van der Waals surface area (Å²) in [6.45, 7) is 2.88. The Morgan fingerprint density at radius 1 is 1.11 bits per heavy atom. The number of amides is 1. The van der Waals surface area contributed by atoms with Crippen LogP contribution in [0.3, 0.4) is 0 Å². The zero-order valence-corrected chi connectivity index (χ0v) is 26.1. The molecule has 2 heterocycles. The van der Waals surface area contributed by atoms with Gasteiger partial charge < -0.3 is 14.7 Å². The maximum Gasteiger partial charge on any atom is 0.390 e. The minimum Gasteiger partial charge on any atom is -0.487 e. The van der Waals surface area contributed by atoms with E-state index in [1.54, 1.807) is 24.3 Å². The number of rotatable bonds is 1. The van der Waals surface area contributed by atoms with Crippen LogP contribution in [0, 0.1) is 17.8 Å². The van der Waals surface area contributed by atoms with Crippen LogP contribution >= 0.6 is 11.6 Å². The summed E-state index contributed by atoms with van der Waals surface area (Å²) in [5.74, 6) is -1.38. The second kappa shape index (κ2) is 13.3. The molecule has 0 aromatic heterocycles. The third kappa shape index (κ3) is 7.72. The molecule has 240 valence electrons. The van der Waals surface area contributed by atoms with E-state index in [9.17, 15) is 31.5 Å². The molecule has 2 aliphatic heterocycles. The molecule has 1 fully saturated rings. The Hall–Kier alpha value is -2.76. The number of anilines is 1. The number of nitrogens with one attached hydrogen (secondary N) is 1. The van der Waals surface area contributed by atoms with Gasteiger partial charge in [-0.2, -0.15) is 13.2 Å². The van der Waals surface area contributed by atoms with E-state index < -0.39 is 45.8 Å². The number of carbonyl (C=O) groups is 1. The predicted octanol–water partition coefficient (Wildman–Crippen LogP) is 6.43. The van der Waals surface area contributed by atoms with E-state index in [0.29, 0.717) is 29.5 Å². The first-order valence-corrected chi connectivity index (χ1v) is 17.0. The van der Waals surface area contributed by atoms with Gasteiger partial charge in [0.05, 0.1) is 23.5 Å². The molecule has 1 amide bonds. The molecule has 44 heavy (non-hydrogen) atoms. The summed E-state index contributed by atoms with van der Waals surface area (Å²) >= 11 is 6.27. The van der Waals surface area contributed by atoms with Gasteiger partial charge in [-0.15, -0.1) is 0 Å². The zero-order valence-electron chi connectivity index (χ0n) is 24.5. The molecule has 2 bridgehead atoms. The fourth-order valence-corrected chi connectivity index (χ4v) is 8.32. The fourth-order valence-electron chi connectivity index (χ4n) is 6.47. The molecule has 0 spiro atoms. The van der Waals surface area contributed by atoms with Crippen LogP contribution in [-0.4, -0.2) is 50.1 Å². The lowest BCUT2D eigenvalue weighted by atomic mass is 9.70. The van der Waals surface area contributed by atoms with E-state index in [1.807, 2.05) is 22.9 Å². The number of halogens is 4. The SMILES string of the molecule is C[C@H]1C/C=C\C(O)C2CCC2CN2CCCCc3cc(Cl)ccc3COc3ccc(cc32)C(=O)NS(=O)(=O)[C@@H]1CC(F)(F)F. The fraction of sp³-hybridized carbons (Fsp3) is 0.531. The van der Waals surface area contributed by atoms with Crippen molar-refractivity contribution in [3.05, 3.63) is 70.3 Å². The van der Waals surface area contributed by atoms with Crippen molar-refractivity contribution in [3.8, 4) is 5.75 Å². The largest absolute Gasteiger partial charge is 0.487 e. The minimum atomic E-state index is -4.76. The average Bonchev–Trinajstić information content (AvgIpc) is 2.95. The summed E-state index contributed by atoms with van der Waals surface area (Å²) in [6.07, 6.45) is 0.141. The number of aryl methyl sites for hydroxylation is 1. The number of ether oxygens (including phenoxy) is 1. The number of carbonyl (C=O) groups excluding carboxylic acids is 1. The molecule has 5 rings (SSSR count). The van der Waals surface area contributed by atoms with Gasteiger partial charge in [0.2, 0.25) is 10.0 Å². The van der Waals surface area contributed by atoms with Crippen molar-refractivity contribution < 1.29 is 36.2 Å². The number of fused-ring (bicyclic) bond motifs is 3. The Bertz CT molecular complexity index is 1500. The minimum absolute atomic E-state index is 0.000202. The Kier molecular flexibility index (Phi) is 9.87. The Balaban J connectivity index is 1.55. The van der Waals surface area contributed by atoms with Gasteiger partial charge in [-0.1, -0.05) is 36.7 Å². The Morgan fingerprint density at radius 2 is 1.91 bits per heavy atom. The second-order valence-corrected chi connectivity index (χ2v) is 14.6. The van der Waals surface area contributed by atoms with Crippen LogP contribution in [0.2, 0.25) is 5.02 Å². The van der Waals surface area contributed by atoms with Gasteiger partial charge in [-0.3, -0.25) is 4.79 Å². The van der Waals surface area contributed by atoms with Gasteiger partial charge in [-0.25, -0.2) is 13.1 Å². The van der Waals surface area contributed by atoms with Gasteiger partial charge in [0.25, 0.3) is 5.91 Å². The van der Waals surface area contributed by atoms with Gasteiger partial charge in [0, 0.05) is 23.7 Å². The van der Waals surface area contributed by atoms with Crippen LogP contribution < -0.4 is 14.4 Å². The van der Waals surface area contributed by atoms with Crippen LogP contribution in [0.15, 0.2) is 48.6 Å². The predicted molar refractivity (Wildman–Crippen MR) is 163 cm³/mol. The van der Waals surface area contributed by atoms with Crippen molar-refractivity contribution in [3.63, 3.8) is 0 Å². The highest BCUT2D eigenvalue weighted by Crippen LogP contribution is 2.41. The smallest absolute Gasteiger partial charge is 0.390 e. The summed E-state index contributed by atoms with van der Waals surface area (Å²) in [6, 6.07) is 10.3. The lowest BCUT2D eigenvalue weighted by molar-refractivity contribution is -0.136. The second-order valence-electron chi connectivity index (χ2n) is 12.3. The maximum atomic E-state index is 13.5. The van der Waals surface area contributed by atoms with E-state index in [-0.39, 0.29) is 30.4 Å². The monoisotopic (exact) mass is 654 g/mol. The van der Waals surface area contributed by atoms with Crippen molar-refractivity contribution >= 4 is 33.2 Å². The molecular weight excluding hydrogens is 617 g/mol. The van der Waals surface area contributed by atoms with Gasteiger partial charge >= 0.3 is 6.18 Å². The summed E-state index contributed by atoms with van der Waals surface area (Å²) in [4.78, 5) is 15.5. The van der Waals surface area contributed by atoms with Crippen molar-refractivity contribution in [2.45, 2.75) is 76.0 Å². The molecule has 1 aliphatic carbocycles. The highest BCUT2D eigenvalue weighted by atomic mass is 35.5. The highest BCUT2D eigenvalue weighted by Gasteiger charge is 2.42. The van der Waals surface area contributed by atoms with Crippen LogP contribution in [0.5, 0.6) is 5.75 Å². The van der Waals surface area contributed by atoms with E-state index in [1.165, 1.54) is 13.0 Å². The van der Waals surface area contributed by atoms with Gasteiger partial charge in [0.15, 0.2) is 0 Å². The number of alkyl halides is 3. The number of hydrogen-bond acceptors (Lipinski definition) is 6. The molecule has 2 aromatic rings. The molecule has 5 atom stereocenters. The molecular formula is C32H38ClF3N2O5S. The van der Waals surface area contributed by atoms with E-state index in [4.69, 9.17) is 16.3 Å². The van der Waals surface area contributed by atoms with Crippen molar-refractivity contribution in [2.75, 3.05) is 18.0 Å². The third-order valence-electron chi connectivity index (χ3n) is 9.15. The summed E-state index contributed by atoms with van der Waals surface area (Å²) in [5, 5.41) is 9.75. The highest BCUT2D eigenvalue weighted by molar-refractivity contribution is 7.90. The quantitative estimate of drug-likeness (QED) is 0.345. The van der Waals surface area contributed by atoms with Crippen LogP contribution in [0.1, 0.15) is 66.9 Å². The molecule has 2 N–H and O–H groups in total. The number of hydrogen-bond donors (Lipinski definition) is 2. The van der Waals surface area contributed by atoms with Crippen LogP contribution in [0.25, 0.3) is 0 Å². The van der Waals surface area contributed by atoms with Crippen molar-refractivity contribution in [1.82, 2.24) is 4.72 Å². The third-order valence-corrected chi connectivity index (χ3v) is 11.3. The lowest BCUT2D eigenvalue weighted by Crippen LogP contribution is -2.44. The molecule has 3 unspecified atom stereocenters. The van der Waals surface area contributed by atoms with Gasteiger partial charge in [-0.05, 0) is 97.7 Å². The molecule has 0 radical (unpaired) electrons. The lowest BCUT2D eigenvalue weighted by Gasteiger charge is -2.42. The Labute approximate surface area is 261 Å². The molecule has 3 aliphatic rings. The standard InChI is InChI=1S/C32H38ClF3N2O5S/c1-20-5-4-7-28(39)26-12-9-23(26)18-38-14-3-2-6-21-15-25(33)11-8-24(21)19-43-29-13-10-22(16-27(29)38)31(40)37-44(41,42)30(20)17-32(34,35)36/h4,7-8,10-11,13,15-16,20,23,26,28,30,39H,2-3,5-6,9,12,14,17-19H2,1H3,(H,37,40)/b7-4-/t20-,23?,26?,28?,30+/m0/s1. The number of allylic oxidation sites excluding steroid dienone is 1. The van der Waals surface area contributed by atoms with Crippen molar-refractivity contribution in [1.29, 1.82) is 0 Å². The van der Waals surface area contributed by atoms with E-state index in [0.717, 1.165) is 43.2 Å². The Morgan fingerprint density at radius 3 is 2.64 bits per heavy atom. The zero-order chi connectivity index (χ0) is 31.6. The summed E-state index contributed by atoms with van der Waals surface area (Å²) < 4.78 is 75.3. The number of benzene rings is 2. The van der Waals surface area contributed by atoms with Crippen molar-refractivity contribution in [2.24, 2.45) is 17.8 Å². The maximum absolute atomic E-state index is 13.5. The normalized spacial score (nSPS) is 28.6. The average molecular weight is 655 g/mol. The first-order chi connectivity index (χ1) is 20.8. The number of sulfonamides is 1. The number of nitrogens with zero attached hydrogens (tertiary/aromatic N) is 1. The first-order valence-electron chi connectivity index (χ1n) is 15.1. The molecule has 0 saturated heterocycles. The molecule has 2 aromatic carbocycles. The van der Waals surface area contributed by atoms with Crippen LogP contribution in [-0.2, 0) is 23.1 Å². The topological polar surface area (TPSA) is 95.9 Å². The van der Waals surface area contributed by atoms with Crippen LogP contribution in [0.4, 0.5) is 18.9 Å². The molecule has 1 saturated carbocycles. The number of aliphatic hydroxyl groups excluding tert-OH is 1. The molecule has 12 heteroatoms. The summed E-state index contributed by atoms with van der Waals surface area (Å²) in [5.41, 5.74) is 2.67. The number of aliphatic hydroxyl groups is 1. The first kappa shape index (κ1) is 32.6. The molecule has 7 nitrogen and oxygen atoms in total. The van der Waals surface area contributed by atoms with Gasteiger partial charge in [0.1, 0.15) is 12.4 Å². The van der Waals surface area contributed by atoms with E-state index in [2.05, 4.69) is 4.90 Å². The van der Waals surface area contributed by atoms with E-state index >= 15 is 0 Å². The summed E-state index contributed by atoms with van der Waals surface area (Å²) in [7, 11) is -4.72.